The van der Waals surface area contributed by atoms with Crippen molar-refractivity contribution in [3.63, 3.8) is 0 Å². The largest absolute Gasteiger partial charge is 0.493 e. The number of hydrogen-bond acceptors (Lipinski definition) is 4. The van der Waals surface area contributed by atoms with E-state index in [1.165, 1.54) is 6.07 Å². The molecular formula is C12H16ClNO4S. The first-order valence-corrected chi connectivity index (χ1v) is 7.96. The number of rotatable bonds is 5. The zero-order valence-corrected chi connectivity index (χ0v) is 12.6. The van der Waals surface area contributed by atoms with Gasteiger partial charge in [0.25, 0.3) is 9.05 Å². The predicted octanol–water partition coefficient (Wildman–Crippen LogP) is 1.75. The molecule has 106 valence electrons. The molecule has 0 aliphatic rings. The van der Waals surface area contributed by atoms with Gasteiger partial charge in [-0.2, -0.15) is 0 Å². The Morgan fingerprint density at radius 1 is 1.32 bits per heavy atom. The lowest BCUT2D eigenvalue weighted by molar-refractivity contribution is -0.121. The standard InChI is InChI=1S/C12H16ClNO4S/c1-8-9(2)11(19(13,16)17)5-4-10(8)18-7-6-12(15)14-3/h4-5H,6-7H2,1-3H3,(H,14,15). The van der Waals surface area contributed by atoms with E-state index in [2.05, 4.69) is 5.32 Å². The average molecular weight is 306 g/mol. The molecule has 0 saturated carbocycles. The van der Waals surface area contributed by atoms with Crippen LogP contribution in [0.3, 0.4) is 0 Å². The summed E-state index contributed by atoms with van der Waals surface area (Å²) in [6, 6.07) is 2.95. The summed E-state index contributed by atoms with van der Waals surface area (Å²) in [6.07, 6.45) is 0.241. The van der Waals surface area contributed by atoms with E-state index in [-0.39, 0.29) is 23.8 Å². The molecule has 0 atom stereocenters. The third kappa shape index (κ3) is 4.11. The van der Waals surface area contributed by atoms with Gasteiger partial charge < -0.3 is 10.1 Å². The van der Waals surface area contributed by atoms with Crippen molar-refractivity contribution in [3.8, 4) is 5.75 Å². The van der Waals surface area contributed by atoms with Crippen molar-refractivity contribution in [1.82, 2.24) is 5.32 Å². The van der Waals surface area contributed by atoms with E-state index in [4.69, 9.17) is 15.4 Å². The molecule has 7 heteroatoms. The first-order chi connectivity index (χ1) is 8.77. The Morgan fingerprint density at radius 2 is 1.95 bits per heavy atom. The van der Waals surface area contributed by atoms with Gasteiger partial charge in [0.05, 0.1) is 17.9 Å². The highest BCUT2D eigenvalue weighted by Crippen LogP contribution is 2.28. The highest BCUT2D eigenvalue weighted by molar-refractivity contribution is 8.13. The fourth-order valence-electron chi connectivity index (χ4n) is 1.57. The number of nitrogens with one attached hydrogen (secondary N) is 1. The number of ether oxygens (including phenoxy) is 1. The summed E-state index contributed by atoms with van der Waals surface area (Å²) in [5, 5.41) is 2.49. The van der Waals surface area contributed by atoms with E-state index in [1.54, 1.807) is 27.0 Å². The summed E-state index contributed by atoms with van der Waals surface area (Å²) in [6.45, 7) is 3.64. The Hall–Kier alpha value is -1.27. The van der Waals surface area contributed by atoms with E-state index in [0.717, 1.165) is 0 Å². The monoisotopic (exact) mass is 305 g/mol. The van der Waals surface area contributed by atoms with Crippen molar-refractivity contribution >= 4 is 25.6 Å². The molecule has 0 aliphatic heterocycles. The smallest absolute Gasteiger partial charge is 0.261 e. The van der Waals surface area contributed by atoms with Crippen LogP contribution in [0.1, 0.15) is 17.5 Å². The highest BCUT2D eigenvalue weighted by atomic mass is 35.7. The lowest BCUT2D eigenvalue weighted by atomic mass is 10.1. The molecule has 0 spiro atoms. The number of benzene rings is 1. The fourth-order valence-corrected chi connectivity index (χ4v) is 2.82. The highest BCUT2D eigenvalue weighted by Gasteiger charge is 2.17. The number of carbonyl (C=O) groups excluding carboxylic acids is 1. The molecule has 0 aliphatic carbocycles. The molecule has 0 saturated heterocycles. The molecule has 0 unspecified atom stereocenters. The second-order valence-electron chi connectivity index (χ2n) is 4.02. The lowest BCUT2D eigenvalue weighted by Crippen LogP contribution is -2.20. The van der Waals surface area contributed by atoms with Gasteiger partial charge in [-0.1, -0.05) is 0 Å². The molecule has 1 aromatic rings. The summed E-state index contributed by atoms with van der Waals surface area (Å²) >= 11 is 0. The Morgan fingerprint density at radius 3 is 2.47 bits per heavy atom. The van der Waals surface area contributed by atoms with Crippen molar-refractivity contribution in [2.75, 3.05) is 13.7 Å². The van der Waals surface area contributed by atoms with Crippen LogP contribution in [0.25, 0.3) is 0 Å². The Balaban J connectivity index is 2.89. The molecule has 1 amide bonds. The SMILES string of the molecule is CNC(=O)CCOc1ccc(S(=O)(=O)Cl)c(C)c1C. The van der Waals surface area contributed by atoms with Crippen molar-refractivity contribution in [2.24, 2.45) is 0 Å². The van der Waals surface area contributed by atoms with Crippen LogP contribution in [0.4, 0.5) is 0 Å². The van der Waals surface area contributed by atoms with Gasteiger partial charge in [-0.3, -0.25) is 4.79 Å². The summed E-state index contributed by atoms with van der Waals surface area (Å²) in [5.74, 6) is 0.430. The van der Waals surface area contributed by atoms with Crippen LogP contribution in [0.15, 0.2) is 17.0 Å². The number of halogens is 1. The quantitative estimate of drug-likeness (QED) is 0.841. The normalized spacial score (nSPS) is 11.2. The minimum absolute atomic E-state index is 0.0744. The second-order valence-corrected chi connectivity index (χ2v) is 6.56. The molecule has 0 heterocycles. The van der Waals surface area contributed by atoms with Gasteiger partial charge in [0.15, 0.2) is 0 Å². The van der Waals surface area contributed by atoms with E-state index in [9.17, 15) is 13.2 Å². The zero-order chi connectivity index (χ0) is 14.6. The topological polar surface area (TPSA) is 72.5 Å². The molecule has 0 radical (unpaired) electrons. The maximum absolute atomic E-state index is 11.3. The van der Waals surface area contributed by atoms with Crippen LogP contribution in [0, 0.1) is 13.8 Å². The minimum atomic E-state index is -3.76. The van der Waals surface area contributed by atoms with Crippen LogP contribution in [0.5, 0.6) is 5.75 Å². The van der Waals surface area contributed by atoms with E-state index in [0.29, 0.717) is 16.9 Å². The average Bonchev–Trinajstić information content (AvgIpc) is 2.32. The third-order valence-electron chi connectivity index (χ3n) is 2.82. The summed E-state index contributed by atoms with van der Waals surface area (Å²) in [5.41, 5.74) is 1.24. The van der Waals surface area contributed by atoms with Gasteiger partial charge in [0.1, 0.15) is 5.75 Å². The first kappa shape index (κ1) is 15.8. The van der Waals surface area contributed by atoms with Crippen LogP contribution < -0.4 is 10.1 Å². The van der Waals surface area contributed by atoms with Gasteiger partial charge >= 0.3 is 0 Å². The van der Waals surface area contributed by atoms with Gasteiger partial charge in [-0.05, 0) is 37.1 Å². The van der Waals surface area contributed by atoms with Crippen molar-refractivity contribution in [3.05, 3.63) is 23.3 Å². The number of amides is 1. The Labute approximate surface area is 117 Å². The molecular weight excluding hydrogens is 290 g/mol. The van der Waals surface area contributed by atoms with Crippen LogP contribution >= 0.6 is 10.7 Å². The minimum Gasteiger partial charge on any atom is -0.493 e. The zero-order valence-electron chi connectivity index (χ0n) is 11.0. The van der Waals surface area contributed by atoms with Crippen molar-refractivity contribution in [1.29, 1.82) is 0 Å². The van der Waals surface area contributed by atoms with Gasteiger partial charge in [0, 0.05) is 17.7 Å². The maximum atomic E-state index is 11.3. The predicted molar refractivity (Wildman–Crippen MR) is 73.1 cm³/mol. The third-order valence-corrected chi connectivity index (χ3v) is 4.28. The first-order valence-electron chi connectivity index (χ1n) is 5.65. The molecule has 0 bridgehead atoms. The van der Waals surface area contributed by atoms with Crippen LogP contribution in [-0.4, -0.2) is 28.0 Å². The number of carbonyl (C=O) groups is 1. The molecule has 5 nitrogen and oxygen atoms in total. The second kappa shape index (κ2) is 6.25. The molecule has 1 rings (SSSR count). The van der Waals surface area contributed by atoms with Gasteiger partial charge in [-0.25, -0.2) is 8.42 Å². The lowest BCUT2D eigenvalue weighted by Gasteiger charge is -2.12. The molecule has 0 fully saturated rings. The van der Waals surface area contributed by atoms with Gasteiger partial charge in [-0.15, -0.1) is 0 Å². The van der Waals surface area contributed by atoms with Crippen LogP contribution in [-0.2, 0) is 13.8 Å². The molecule has 0 aromatic heterocycles. The summed E-state index contributed by atoms with van der Waals surface area (Å²) in [4.78, 5) is 11.1. The van der Waals surface area contributed by atoms with E-state index < -0.39 is 9.05 Å². The number of hydrogen-bond donors (Lipinski definition) is 1. The van der Waals surface area contributed by atoms with E-state index >= 15 is 0 Å². The Kier molecular flexibility index (Phi) is 5.20. The van der Waals surface area contributed by atoms with Crippen molar-refractivity contribution < 1.29 is 17.9 Å². The van der Waals surface area contributed by atoms with Crippen LogP contribution in [0.2, 0.25) is 0 Å². The van der Waals surface area contributed by atoms with Crippen molar-refractivity contribution in [2.45, 2.75) is 25.2 Å². The van der Waals surface area contributed by atoms with Gasteiger partial charge in [0.2, 0.25) is 5.91 Å². The molecule has 1 aromatic carbocycles. The Bertz CT molecular complexity index is 584. The maximum Gasteiger partial charge on any atom is 0.261 e. The summed E-state index contributed by atoms with van der Waals surface area (Å²) < 4.78 is 28.1. The summed E-state index contributed by atoms with van der Waals surface area (Å²) in [7, 11) is 3.13. The molecule has 19 heavy (non-hydrogen) atoms. The van der Waals surface area contributed by atoms with E-state index in [1.807, 2.05) is 0 Å². The molecule has 1 N–H and O–H groups in total. The fraction of sp³-hybridized carbons (Fsp3) is 0.417.